The van der Waals surface area contributed by atoms with Gasteiger partial charge >= 0.3 is 5.97 Å². The van der Waals surface area contributed by atoms with E-state index in [-0.39, 0.29) is 0 Å². The third kappa shape index (κ3) is 5.01. The number of hydrogen-bond donors (Lipinski definition) is 1. The monoisotopic (exact) mass is 261 g/mol. The van der Waals surface area contributed by atoms with Gasteiger partial charge in [0.15, 0.2) is 0 Å². The first-order valence-electron chi connectivity index (χ1n) is 5.88. The van der Waals surface area contributed by atoms with E-state index in [0.717, 1.165) is 0 Å². The van der Waals surface area contributed by atoms with Crippen molar-refractivity contribution in [1.82, 2.24) is 4.90 Å². The Morgan fingerprint density at radius 1 is 1.11 bits per heavy atom. The van der Waals surface area contributed by atoms with Gasteiger partial charge in [-0.15, -0.1) is 0 Å². The lowest BCUT2D eigenvalue weighted by atomic mass is 9.91. The van der Waals surface area contributed by atoms with Crippen LogP contribution in [0.3, 0.4) is 0 Å². The lowest BCUT2D eigenvalue weighted by Gasteiger charge is -2.29. The average molecular weight is 261 g/mol. The van der Waals surface area contributed by atoms with Crippen LogP contribution in [0.15, 0.2) is 0 Å². The molecule has 0 fully saturated rings. The van der Waals surface area contributed by atoms with E-state index in [1.54, 1.807) is 14.2 Å². The highest BCUT2D eigenvalue weighted by atomic mass is 16.5. The maximum atomic E-state index is 12.2. The first-order valence-corrected chi connectivity index (χ1v) is 5.88. The molecule has 0 heterocycles. The molecule has 0 spiro atoms. The molecular formula is C12H23NO5. The van der Waals surface area contributed by atoms with Crippen LogP contribution in [0.1, 0.15) is 20.3 Å². The fourth-order valence-electron chi connectivity index (χ4n) is 1.40. The number of carboxylic acid groups (broad SMARTS) is 1. The summed E-state index contributed by atoms with van der Waals surface area (Å²) in [6.07, 6.45) is 0.668. The number of aliphatic carboxylic acids is 1. The molecule has 0 saturated carbocycles. The van der Waals surface area contributed by atoms with E-state index in [1.165, 1.54) is 18.7 Å². The molecule has 0 aliphatic carbocycles. The topological polar surface area (TPSA) is 76.1 Å². The van der Waals surface area contributed by atoms with Gasteiger partial charge in [0, 0.05) is 33.9 Å². The van der Waals surface area contributed by atoms with Crippen LogP contribution in [-0.2, 0) is 19.1 Å². The molecule has 18 heavy (non-hydrogen) atoms. The summed E-state index contributed by atoms with van der Waals surface area (Å²) >= 11 is 0. The number of amides is 1. The summed E-state index contributed by atoms with van der Waals surface area (Å²) < 4.78 is 9.85. The van der Waals surface area contributed by atoms with Crippen LogP contribution in [0.5, 0.6) is 0 Å². The third-order valence-corrected chi connectivity index (χ3v) is 2.70. The summed E-state index contributed by atoms with van der Waals surface area (Å²) in [6.45, 7) is 4.59. The normalized spacial score (nSPS) is 11.3. The Morgan fingerprint density at radius 3 is 2.11 bits per heavy atom. The zero-order valence-corrected chi connectivity index (χ0v) is 11.6. The lowest BCUT2D eigenvalue weighted by molar-refractivity contribution is -0.158. The van der Waals surface area contributed by atoms with Crippen molar-refractivity contribution in [3.63, 3.8) is 0 Å². The second-order valence-electron chi connectivity index (χ2n) is 4.56. The van der Waals surface area contributed by atoms with Gasteiger partial charge < -0.3 is 19.5 Å². The molecule has 0 unspecified atom stereocenters. The molecule has 0 aliphatic rings. The smallest absolute Gasteiger partial charge is 0.318 e. The van der Waals surface area contributed by atoms with Crippen molar-refractivity contribution in [2.45, 2.75) is 20.3 Å². The van der Waals surface area contributed by atoms with E-state index >= 15 is 0 Å². The van der Waals surface area contributed by atoms with Crippen LogP contribution in [-0.4, -0.2) is 62.4 Å². The first kappa shape index (κ1) is 16.9. The molecular weight excluding hydrogens is 238 g/mol. The summed E-state index contributed by atoms with van der Waals surface area (Å²) in [7, 11) is 3.13. The van der Waals surface area contributed by atoms with E-state index < -0.39 is 17.3 Å². The molecule has 6 nitrogen and oxygen atoms in total. The summed E-state index contributed by atoms with van der Waals surface area (Å²) in [5.74, 6) is -1.52. The Balaban J connectivity index is 4.62. The molecule has 0 rings (SSSR count). The second kappa shape index (κ2) is 8.05. The van der Waals surface area contributed by atoms with Crippen LogP contribution in [0.25, 0.3) is 0 Å². The van der Waals surface area contributed by atoms with Crippen LogP contribution >= 0.6 is 0 Å². The van der Waals surface area contributed by atoms with Gasteiger partial charge in [0.2, 0.25) is 5.91 Å². The molecule has 106 valence electrons. The van der Waals surface area contributed by atoms with Crippen molar-refractivity contribution in [3.8, 4) is 0 Å². The molecule has 0 aromatic carbocycles. The first-order chi connectivity index (χ1) is 8.37. The maximum absolute atomic E-state index is 12.2. The molecule has 0 bridgehead atoms. The fraction of sp³-hybridized carbons (Fsp3) is 0.833. The van der Waals surface area contributed by atoms with Gasteiger partial charge in [-0.25, -0.2) is 0 Å². The zero-order chi connectivity index (χ0) is 14.2. The van der Waals surface area contributed by atoms with Crippen LogP contribution < -0.4 is 0 Å². The van der Waals surface area contributed by atoms with Crippen LogP contribution in [0, 0.1) is 5.41 Å². The van der Waals surface area contributed by atoms with Crippen LogP contribution in [0.2, 0.25) is 0 Å². The largest absolute Gasteiger partial charge is 0.480 e. The predicted octanol–water partition coefficient (Wildman–Crippen LogP) is 0.609. The average Bonchev–Trinajstić information content (AvgIpc) is 2.32. The van der Waals surface area contributed by atoms with Gasteiger partial charge in [0.25, 0.3) is 0 Å². The van der Waals surface area contributed by atoms with E-state index in [0.29, 0.717) is 32.7 Å². The van der Waals surface area contributed by atoms with Gasteiger partial charge in [0.1, 0.15) is 5.41 Å². The molecule has 6 heteroatoms. The lowest BCUT2D eigenvalue weighted by Crippen LogP contribution is -2.46. The van der Waals surface area contributed by atoms with Gasteiger partial charge in [-0.1, -0.05) is 0 Å². The van der Waals surface area contributed by atoms with Gasteiger partial charge in [-0.3, -0.25) is 9.59 Å². The number of carboxylic acids is 1. The summed E-state index contributed by atoms with van der Waals surface area (Å²) in [4.78, 5) is 24.7. The molecule has 1 N–H and O–H groups in total. The minimum Gasteiger partial charge on any atom is -0.480 e. The molecule has 0 atom stereocenters. The van der Waals surface area contributed by atoms with E-state index in [2.05, 4.69) is 0 Å². The van der Waals surface area contributed by atoms with Crippen molar-refractivity contribution >= 4 is 11.9 Å². The van der Waals surface area contributed by atoms with Gasteiger partial charge in [-0.2, -0.15) is 0 Å². The summed E-state index contributed by atoms with van der Waals surface area (Å²) in [5, 5.41) is 9.05. The zero-order valence-electron chi connectivity index (χ0n) is 11.6. The number of ether oxygens (including phenoxy) is 2. The standard InChI is InChI=1S/C12H23NO5/c1-12(2,11(15)16)10(14)13(7-9-18-4)6-5-8-17-3/h5-9H2,1-4H3,(H,15,16). The van der Waals surface area contributed by atoms with Crippen LogP contribution in [0.4, 0.5) is 0 Å². The number of carbonyl (C=O) groups is 2. The SMILES string of the molecule is COCCCN(CCOC)C(=O)C(C)(C)C(=O)O. The Labute approximate surface area is 108 Å². The van der Waals surface area contributed by atoms with Gasteiger partial charge in [-0.05, 0) is 20.3 Å². The second-order valence-corrected chi connectivity index (χ2v) is 4.56. The highest BCUT2D eigenvalue weighted by molar-refractivity contribution is 6.00. The number of rotatable bonds is 9. The molecule has 0 aromatic heterocycles. The molecule has 0 radical (unpaired) electrons. The van der Waals surface area contributed by atoms with Crippen molar-refractivity contribution in [2.24, 2.45) is 5.41 Å². The van der Waals surface area contributed by atoms with E-state index in [1.807, 2.05) is 0 Å². The number of nitrogens with zero attached hydrogens (tertiary/aromatic N) is 1. The molecule has 0 saturated heterocycles. The van der Waals surface area contributed by atoms with Crippen molar-refractivity contribution in [1.29, 1.82) is 0 Å². The van der Waals surface area contributed by atoms with Gasteiger partial charge in [0.05, 0.1) is 6.61 Å². The number of carbonyl (C=O) groups excluding carboxylic acids is 1. The Hall–Kier alpha value is -1.14. The minimum absolute atomic E-state index is 0.383. The summed E-state index contributed by atoms with van der Waals surface area (Å²) in [5.41, 5.74) is -1.42. The van der Waals surface area contributed by atoms with Crippen molar-refractivity contribution < 1.29 is 24.2 Å². The minimum atomic E-state index is -1.42. The molecule has 0 aliphatic heterocycles. The number of methoxy groups -OCH3 is 2. The third-order valence-electron chi connectivity index (χ3n) is 2.70. The Kier molecular flexibility index (Phi) is 7.54. The molecule has 0 aromatic rings. The van der Waals surface area contributed by atoms with Crippen molar-refractivity contribution in [2.75, 3.05) is 40.5 Å². The quantitative estimate of drug-likeness (QED) is 0.486. The van der Waals surface area contributed by atoms with E-state index in [4.69, 9.17) is 14.6 Å². The Morgan fingerprint density at radius 2 is 1.67 bits per heavy atom. The summed E-state index contributed by atoms with van der Waals surface area (Å²) in [6, 6.07) is 0. The predicted molar refractivity (Wildman–Crippen MR) is 66.4 cm³/mol. The number of hydrogen-bond acceptors (Lipinski definition) is 4. The Bertz CT molecular complexity index is 278. The highest BCUT2D eigenvalue weighted by Gasteiger charge is 2.38. The fourth-order valence-corrected chi connectivity index (χ4v) is 1.40. The van der Waals surface area contributed by atoms with E-state index in [9.17, 15) is 9.59 Å². The highest BCUT2D eigenvalue weighted by Crippen LogP contribution is 2.19. The maximum Gasteiger partial charge on any atom is 0.318 e. The van der Waals surface area contributed by atoms with Crippen molar-refractivity contribution in [3.05, 3.63) is 0 Å². The molecule has 1 amide bonds.